The zero-order valence-electron chi connectivity index (χ0n) is 15.1. The summed E-state index contributed by atoms with van der Waals surface area (Å²) < 4.78 is 5.77. The Kier molecular flexibility index (Phi) is 5.34. The van der Waals surface area contributed by atoms with Gasteiger partial charge in [-0.05, 0) is 68.2 Å². The second kappa shape index (κ2) is 7.73. The lowest BCUT2D eigenvalue weighted by Gasteiger charge is -2.52. The van der Waals surface area contributed by atoms with Crippen molar-refractivity contribution in [3.8, 4) is 0 Å². The average Bonchev–Trinajstić information content (AvgIpc) is 2.68. The summed E-state index contributed by atoms with van der Waals surface area (Å²) in [5, 5.41) is 3.68. The zero-order valence-corrected chi connectivity index (χ0v) is 16.6. The smallest absolute Gasteiger partial charge is 0.411 e. The quantitative estimate of drug-likeness (QED) is 0.595. The Labute approximate surface area is 170 Å². The molecule has 2 fully saturated rings. The predicted octanol–water partition coefficient (Wildman–Crippen LogP) is 7.05. The van der Waals surface area contributed by atoms with Crippen LogP contribution in [-0.4, -0.2) is 12.2 Å². The van der Waals surface area contributed by atoms with Gasteiger partial charge >= 0.3 is 6.09 Å². The molecule has 2 saturated carbocycles. The van der Waals surface area contributed by atoms with E-state index in [1.165, 1.54) is 5.56 Å². The number of benzene rings is 2. The van der Waals surface area contributed by atoms with Crippen LogP contribution in [0.2, 0.25) is 10.0 Å². The maximum absolute atomic E-state index is 12.3. The molecule has 0 unspecified atom stereocenters. The highest BCUT2D eigenvalue weighted by molar-refractivity contribution is 6.36. The first-order valence-electron chi connectivity index (χ1n) is 9.53. The number of halogens is 2. The highest BCUT2D eigenvalue weighted by atomic mass is 35.5. The number of rotatable bonds is 3. The number of amides is 1. The molecule has 1 spiro atoms. The van der Waals surface area contributed by atoms with E-state index in [1.807, 2.05) is 0 Å². The van der Waals surface area contributed by atoms with Crippen LogP contribution in [0.3, 0.4) is 0 Å². The zero-order chi connectivity index (χ0) is 18.9. The van der Waals surface area contributed by atoms with Crippen molar-refractivity contribution in [1.82, 2.24) is 0 Å². The maximum atomic E-state index is 12.3. The van der Waals surface area contributed by atoms with Crippen LogP contribution >= 0.6 is 23.2 Å². The third-order valence-corrected chi connectivity index (χ3v) is 6.80. The van der Waals surface area contributed by atoms with Crippen LogP contribution in [-0.2, 0) is 4.74 Å². The number of carbonyl (C=O) groups excluding carboxylic acids is 1. The molecular weight excluding hydrogens is 381 g/mol. The van der Waals surface area contributed by atoms with Crippen LogP contribution in [0.5, 0.6) is 0 Å². The van der Waals surface area contributed by atoms with Crippen molar-refractivity contribution in [2.75, 3.05) is 5.32 Å². The Morgan fingerprint density at radius 3 is 2.33 bits per heavy atom. The summed E-state index contributed by atoms with van der Waals surface area (Å²) >= 11 is 12.0. The number of hydrogen-bond acceptors (Lipinski definition) is 2. The summed E-state index contributed by atoms with van der Waals surface area (Å²) in [7, 11) is 0. The van der Waals surface area contributed by atoms with Crippen LogP contribution in [0, 0.1) is 5.41 Å². The molecule has 2 aromatic carbocycles. The van der Waals surface area contributed by atoms with Crippen molar-refractivity contribution in [3.05, 3.63) is 64.1 Å². The lowest BCUT2D eigenvalue weighted by Crippen LogP contribution is -2.49. The van der Waals surface area contributed by atoms with Gasteiger partial charge in [-0.2, -0.15) is 0 Å². The standard InChI is InChI=1S/C22H23Cl2NO2/c23-17-6-7-19(18(24)14-17)25-21(26)27-20-10-13-22(20)11-8-16(9-12-22)15-4-2-1-3-5-15/h1-7,14,16,20H,8-13H2,(H,25,26)/t16?,20-,22?/m0/s1. The summed E-state index contributed by atoms with van der Waals surface area (Å²) in [6.07, 6.45) is 6.21. The Morgan fingerprint density at radius 1 is 1.00 bits per heavy atom. The molecule has 2 aliphatic carbocycles. The van der Waals surface area contributed by atoms with Gasteiger partial charge in [0.05, 0.1) is 10.7 Å². The van der Waals surface area contributed by atoms with Gasteiger partial charge in [0.15, 0.2) is 0 Å². The van der Waals surface area contributed by atoms with Gasteiger partial charge in [-0.1, -0.05) is 53.5 Å². The maximum Gasteiger partial charge on any atom is 0.411 e. The third kappa shape index (κ3) is 3.95. The summed E-state index contributed by atoms with van der Waals surface area (Å²) in [5.74, 6) is 0.625. The molecule has 0 heterocycles. The fourth-order valence-electron chi connectivity index (χ4n) is 4.54. The molecule has 2 aromatic rings. The Balaban J connectivity index is 1.33. The molecular formula is C22H23Cl2NO2. The minimum absolute atomic E-state index is 0.000277. The van der Waals surface area contributed by atoms with Crippen LogP contribution in [0.25, 0.3) is 0 Å². The monoisotopic (exact) mass is 403 g/mol. The van der Waals surface area contributed by atoms with Gasteiger partial charge in [0, 0.05) is 10.4 Å². The molecule has 0 bridgehead atoms. The van der Waals surface area contributed by atoms with E-state index in [9.17, 15) is 4.79 Å². The molecule has 1 atom stereocenters. The molecule has 0 aliphatic heterocycles. The van der Waals surface area contributed by atoms with Crippen LogP contribution in [0.1, 0.15) is 50.0 Å². The van der Waals surface area contributed by atoms with Gasteiger partial charge < -0.3 is 4.74 Å². The van der Waals surface area contributed by atoms with Crippen molar-refractivity contribution in [3.63, 3.8) is 0 Å². The highest BCUT2D eigenvalue weighted by Crippen LogP contribution is 2.55. The molecule has 0 radical (unpaired) electrons. The molecule has 5 heteroatoms. The van der Waals surface area contributed by atoms with E-state index in [-0.39, 0.29) is 11.5 Å². The van der Waals surface area contributed by atoms with Gasteiger partial charge in [0.1, 0.15) is 6.10 Å². The van der Waals surface area contributed by atoms with Crippen molar-refractivity contribution in [1.29, 1.82) is 0 Å². The molecule has 4 rings (SSSR count). The molecule has 2 aliphatic rings. The number of ether oxygens (including phenoxy) is 1. The van der Waals surface area contributed by atoms with Gasteiger partial charge in [-0.15, -0.1) is 0 Å². The van der Waals surface area contributed by atoms with E-state index in [0.717, 1.165) is 38.5 Å². The number of hydrogen-bond donors (Lipinski definition) is 1. The van der Waals surface area contributed by atoms with E-state index in [0.29, 0.717) is 21.7 Å². The minimum atomic E-state index is -0.437. The minimum Gasteiger partial charge on any atom is -0.445 e. The Bertz CT molecular complexity index is 816. The van der Waals surface area contributed by atoms with Crippen LogP contribution < -0.4 is 5.32 Å². The number of anilines is 1. The van der Waals surface area contributed by atoms with Crippen LogP contribution in [0.15, 0.2) is 48.5 Å². The molecule has 1 amide bonds. The Hall–Kier alpha value is -1.71. The lowest BCUT2D eigenvalue weighted by molar-refractivity contribution is -0.0915. The third-order valence-electron chi connectivity index (χ3n) is 6.26. The van der Waals surface area contributed by atoms with Gasteiger partial charge in [-0.25, -0.2) is 4.79 Å². The van der Waals surface area contributed by atoms with E-state index in [4.69, 9.17) is 27.9 Å². The van der Waals surface area contributed by atoms with E-state index >= 15 is 0 Å². The molecule has 3 nitrogen and oxygen atoms in total. The lowest BCUT2D eigenvalue weighted by atomic mass is 9.56. The molecule has 0 aromatic heterocycles. The number of nitrogens with one attached hydrogen (secondary N) is 1. The first-order chi connectivity index (χ1) is 13.1. The second-order valence-corrected chi connectivity index (χ2v) is 8.57. The number of carbonyl (C=O) groups is 1. The fraction of sp³-hybridized carbons (Fsp3) is 0.409. The summed E-state index contributed by atoms with van der Waals surface area (Å²) in [6, 6.07) is 15.7. The van der Waals surface area contributed by atoms with Crippen molar-refractivity contribution in [2.24, 2.45) is 5.41 Å². The van der Waals surface area contributed by atoms with Crippen LogP contribution in [0.4, 0.5) is 10.5 Å². The van der Waals surface area contributed by atoms with Gasteiger partial charge in [0.2, 0.25) is 0 Å². The molecule has 0 saturated heterocycles. The van der Waals surface area contributed by atoms with Gasteiger partial charge in [0.25, 0.3) is 0 Å². The predicted molar refractivity (Wildman–Crippen MR) is 110 cm³/mol. The van der Waals surface area contributed by atoms with E-state index in [1.54, 1.807) is 18.2 Å². The SMILES string of the molecule is O=C(Nc1ccc(Cl)cc1Cl)O[C@H]1CCC12CCC(c1ccccc1)CC2. The average molecular weight is 404 g/mol. The normalized spacial score (nSPS) is 27.0. The van der Waals surface area contributed by atoms with Crippen molar-refractivity contribution < 1.29 is 9.53 Å². The molecule has 142 valence electrons. The topological polar surface area (TPSA) is 38.3 Å². The summed E-state index contributed by atoms with van der Waals surface area (Å²) in [5.41, 5.74) is 2.11. The molecule has 27 heavy (non-hydrogen) atoms. The highest BCUT2D eigenvalue weighted by Gasteiger charge is 2.50. The summed E-state index contributed by atoms with van der Waals surface area (Å²) in [6.45, 7) is 0. The largest absolute Gasteiger partial charge is 0.445 e. The first-order valence-corrected chi connectivity index (χ1v) is 10.3. The Morgan fingerprint density at radius 2 is 1.70 bits per heavy atom. The molecule has 1 N–H and O–H groups in total. The summed E-state index contributed by atoms with van der Waals surface area (Å²) in [4.78, 5) is 12.3. The van der Waals surface area contributed by atoms with E-state index < -0.39 is 6.09 Å². The second-order valence-electron chi connectivity index (χ2n) is 7.73. The first kappa shape index (κ1) is 18.6. The van der Waals surface area contributed by atoms with E-state index in [2.05, 4.69) is 35.6 Å². The van der Waals surface area contributed by atoms with Gasteiger partial charge in [-0.3, -0.25) is 5.32 Å². The van der Waals surface area contributed by atoms with Crippen molar-refractivity contribution in [2.45, 2.75) is 50.5 Å². The fourth-order valence-corrected chi connectivity index (χ4v) is 4.99. The van der Waals surface area contributed by atoms with Crippen molar-refractivity contribution >= 4 is 35.0 Å².